The molecule has 4 rings (SSSR count). The van der Waals surface area contributed by atoms with Gasteiger partial charge < -0.3 is 9.42 Å². The molecule has 2 aromatic rings. The average Bonchev–Trinajstić information content (AvgIpc) is 3.40. The van der Waals surface area contributed by atoms with Gasteiger partial charge in [0.2, 0.25) is 15.9 Å². The van der Waals surface area contributed by atoms with E-state index in [0.29, 0.717) is 43.5 Å². The van der Waals surface area contributed by atoms with Gasteiger partial charge in [0.05, 0.1) is 0 Å². The van der Waals surface area contributed by atoms with Gasteiger partial charge in [-0.1, -0.05) is 25.1 Å². The van der Waals surface area contributed by atoms with Crippen molar-refractivity contribution in [3.05, 3.63) is 33.8 Å². The maximum Gasteiger partial charge on any atom is 0.248 e. The summed E-state index contributed by atoms with van der Waals surface area (Å²) in [5.74, 6) is 1.34. The molecule has 32 heavy (non-hydrogen) atoms. The van der Waals surface area contributed by atoms with E-state index in [1.807, 2.05) is 28.5 Å². The van der Waals surface area contributed by atoms with Crippen molar-refractivity contribution in [1.82, 2.24) is 14.4 Å². The van der Waals surface area contributed by atoms with Crippen LogP contribution in [0.2, 0.25) is 0 Å². The van der Waals surface area contributed by atoms with Crippen LogP contribution in [-0.4, -0.2) is 54.9 Å². The normalized spacial score (nSPS) is 23.8. The first-order valence-electron chi connectivity index (χ1n) is 11.2. The highest BCUT2D eigenvalue weighted by Crippen LogP contribution is 2.31. The number of likely N-dealkylation sites (tertiary alicyclic amines) is 1. The lowest BCUT2D eigenvalue weighted by Crippen LogP contribution is -2.48. The fraction of sp³-hybridized carbons (Fsp3) is 0.565. The Kier molecular flexibility index (Phi) is 6.88. The molecule has 4 heterocycles. The van der Waals surface area contributed by atoms with Crippen molar-refractivity contribution in [2.75, 3.05) is 26.2 Å². The van der Waals surface area contributed by atoms with Gasteiger partial charge in [0, 0.05) is 37.0 Å². The fourth-order valence-corrected chi connectivity index (χ4v) is 7.25. The smallest absolute Gasteiger partial charge is 0.248 e. The van der Waals surface area contributed by atoms with Crippen LogP contribution in [0, 0.1) is 24.7 Å². The van der Waals surface area contributed by atoms with Crippen molar-refractivity contribution in [2.24, 2.45) is 17.8 Å². The van der Waals surface area contributed by atoms with Crippen LogP contribution >= 0.6 is 11.3 Å². The predicted octanol–water partition coefficient (Wildman–Crippen LogP) is 4.12. The van der Waals surface area contributed by atoms with Gasteiger partial charge in [0.15, 0.2) is 10.7 Å². The van der Waals surface area contributed by atoms with Gasteiger partial charge in [-0.2, -0.15) is 4.31 Å². The molecular weight excluding hydrogens is 446 g/mol. The van der Waals surface area contributed by atoms with E-state index in [-0.39, 0.29) is 22.5 Å². The van der Waals surface area contributed by atoms with Crippen molar-refractivity contribution in [1.29, 1.82) is 0 Å². The third kappa shape index (κ3) is 4.84. The highest BCUT2D eigenvalue weighted by Gasteiger charge is 2.37. The third-order valence-electron chi connectivity index (χ3n) is 6.36. The second-order valence-corrected chi connectivity index (χ2v) is 12.0. The van der Waals surface area contributed by atoms with Gasteiger partial charge in [-0.25, -0.2) is 8.42 Å². The van der Waals surface area contributed by atoms with Crippen LogP contribution in [-0.2, 0) is 14.8 Å². The molecule has 9 heteroatoms. The van der Waals surface area contributed by atoms with Crippen LogP contribution < -0.4 is 0 Å². The van der Waals surface area contributed by atoms with Crippen LogP contribution in [0.25, 0.3) is 12.2 Å². The Hall–Kier alpha value is -1.97. The van der Waals surface area contributed by atoms with Crippen LogP contribution in [0.15, 0.2) is 26.9 Å². The van der Waals surface area contributed by atoms with Crippen LogP contribution in [0.5, 0.6) is 0 Å². The second-order valence-electron chi connectivity index (χ2n) is 9.18. The maximum atomic E-state index is 13.4. The Morgan fingerprint density at radius 1 is 1.19 bits per heavy atom. The first-order chi connectivity index (χ1) is 15.3. The predicted molar refractivity (Wildman–Crippen MR) is 125 cm³/mol. The van der Waals surface area contributed by atoms with Gasteiger partial charge in [0.1, 0.15) is 5.69 Å². The monoisotopic (exact) mass is 477 g/mol. The van der Waals surface area contributed by atoms with Gasteiger partial charge in [-0.15, -0.1) is 11.3 Å². The highest BCUT2D eigenvalue weighted by atomic mass is 32.2. The Morgan fingerprint density at radius 2 is 1.88 bits per heavy atom. The number of nitrogens with zero attached hydrogens (tertiary/aromatic N) is 3. The molecule has 0 bridgehead atoms. The number of thiophene rings is 1. The van der Waals surface area contributed by atoms with E-state index in [0.717, 1.165) is 24.4 Å². The van der Waals surface area contributed by atoms with Gasteiger partial charge in [-0.3, -0.25) is 4.79 Å². The minimum absolute atomic E-state index is 0.110. The van der Waals surface area contributed by atoms with Crippen LogP contribution in [0.4, 0.5) is 0 Å². The van der Waals surface area contributed by atoms with E-state index < -0.39 is 10.0 Å². The number of hydrogen-bond donors (Lipinski definition) is 0. The summed E-state index contributed by atoms with van der Waals surface area (Å²) in [6.07, 6.45) is 5.73. The zero-order valence-electron chi connectivity index (χ0n) is 18.9. The Bertz CT molecular complexity index is 1060. The van der Waals surface area contributed by atoms with Crippen molar-refractivity contribution in [3.63, 3.8) is 0 Å². The van der Waals surface area contributed by atoms with Crippen molar-refractivity contribution in [3.8, 4) is 0 Å². The van der Waals surface area contributed by atoms with Crippen LogP contribution in [0.3, 0.4) is 0 Å². The molecule has 0 radical (unpaired) electrons. The number of sulfonamides is 1. The number of carbonyl (C=O) groups excluding carboxylic acids is 1. The molecule has 0 saturated carbocycles. The molecular formula is C23H31N3O4S2. The summed E-state index contributed by atoms with van der Waals surface area (Å²) in [6.45, 7) is 8.30. The van der Waals surface area contributed by atoms with E-state index in [1.54, 1.807) is 24.3 Å². The first-order valence-corrected chi connectivity index (χ1v) is 13.5. The third-order valence-corrected chi connectivity index (χ3v) is 9.25. The summed E-state index contributed by atoms with van der Waals surface area (Å²) in [6, 6.07) is 3.88. The van der Waals surface area contributed by atoms with E-state index in [9.17, 15) is 13.2 Å². The number of aromatic nitrogens is 1. The zero-order chi connectivity index (χ0) is 22.9. The SMILES string of the molecule is Cc1noc(/C=C/c2cccs2)c1S(=O)(=O)N1CCC(C(=O)N2C[C@H](C)C[C@H](C)C2)CC1. The average molecular weight is 478 g/mol. The summed E-state index contributed by atoms with van der Waals surface area (Å²) >= 11 is 1.56. The molecule has 2 atom stereocenters. The first kappa shape index (κ1) is 23.2. The molecule has 2 saturated heterocycles. The van der Waals surface area contributed by atoms with Gasteiger partial charge in [-0.05, 0) is 61.6 Å². The van der Waals surface area contributed by atoms with Gasteiger partial charge in [0.25, 0.3) is 0 Å². The van der Waals surface area contributed by atoms with E-state index in [2.05, 4.69) is 19.0 Å². The molecule has 0 aliphatic carbocycles. The lowest BCUT2D eigenvalue weighted by molar-refractivity contribution is -0.139. The summed E-state index contributed by atoms with van der Waals surface area (Å²) in [7, 11) is -3.76. The lowest BCUT2D eigenvalue weighted by Gasteiger charge is -2.39. The molecule has 7 nitrogen and oxygen atoms in total. The van der Waals surface area contributed by atoms with Gasteiger partial charge >= 0.3 is 0 Å². The molecule has 0 aromatic carbocycles. The summed E-state index contributed by atoms with van der Waals surface area (Å²) in [4.78, 5) is 16.2. The molecule has 2 aromatic heterocycles. The number of amides is 1. The quantitative estimate of drug-likeness (QED) is 0.647. The Labute approximate surface area is 194 Å². The summed E-state index contributed by atoms with van der Waals surface area (Å²) in [5.41, 5.74) is 0.352. The molecule has 1 amide bonds. The minimum Gasteiger partial charge on any atom is -0.355 e. The molecule has 174 valence electrons. The molecule has 0 N–H and O–H groups in total. The van der Waals surface area contributed by atoms with E-state index >= 15 is 0 Å². The molecule has 0 spiro atoms. The number of aryl methyl sites for hydroxylation is 1. The number of rotatable bonds is 5. The Balaban J connectivity index is 1.44. The zero-order valence-corrected chi connectivity index (χ0v) is 20.5. The summed E-state index contributed by atoms with van der Waals surface area (Å²) in [5, 5.41) is 5.86. The molecule has 2 fully saturated rings. The van der Waals surface area contributed by atoms with E-state index in [4.69, 9.17) is 4.52 Å². The fourth-order valence-electron chi connectivity index (χ4n) is 4.92. The number of carbonyl (C=O) groups is 1. The van der Waals surface area contributed by atoms with Crippen molar-refractivity contribution >= 4 is 39.4 Å². The molecule has 2 aliphatic heterocycles. The molecule has 0 unspecified atom stereocenters. The summed E-state index contributed by atoms with van der Waals surface area (Å²) < 4.78 is 33.6. The molecule has 2 aliphatic rings. The topological polar surface area (TPSA) is 83.7 Å². The van der Waals surface area contributed by atoms with Crippen LogP contribution in [0.1, 0.15) is 49.4 Å². The highest BCUT2D eigenvalue weighted by molar-refractivity contribution is 7.89. The van der Waals surface area contributed by atoms with E-state index in [1.165, 1.54) is 4.31 Å². The largest absolute Gasteiger partial charge is 0.355 e. The maximum absolute atomic E-state index is 13.4. The number of hydrogen-bond acceptors (Lipinski definition) is 6. The Morgan fingerprint density at radius 3 is 2.50 bits per heavy atom. The van der Waals surface area contributed by atoms with Crippen molar-refractivity contribution < 1.29 is 17.7 Å². The second kappa shape index (κ2) is 9.49. The number of piperidine rings is 2. The lowest BCUT2D eigenvalue weighted by atomic mass is 9.89. The van der Waals surface area contributed by atoms with Crippen molar-refractivity contribution in [2.45, 2.75) is 44.9 Å². The standard InChI is InChI=1S/C23H31N3O4S2/c1-16-13-17(2)15-25(14-16)23(27)19-8-10-26(11-9-19)32(28,29)22-18(3)24-30-21(22)7-6-20-5-4-12-31-20/h4-7,12,16-17,19H,8-11,13-15H2,1-3H3/b7-6+/t16-,17+. The minimum atomic E-state index is -3.76.